The van der Waals surface area contributed by atoms with E-state index in [1.807, 2.05) is 0 Å². The molecule has 0 aromatic carbocycles. The summed E-state index contributed by atoms with van der Waals surface area (Å²) >= 11 is 0. The number of hydrogen-bond acceptors (Lipinski definition) is 6. The predicted octanol–water partition coefficient (Wildman–Crippen LogP) is -0.0767. The standard InChI is InChI=1S/C9H11FN6O3/c10-4-2-16(9(18)13-8(4)11)7-1-5(14-15-12)6(3-17)19-7/h2,5-7,17H,1,3H2,(H2,11,13,18)/t5-,6+,7+/m1/s1. The number of aliphatic hydroxyl groups excluding tert-OH is 1. The Morgan fingerprint density at radius 1 is 1.79 bits per heavy atom. The average Bonchev–Trinajstić information content (AvgIpc) is 2.77. The van der Waals surface area contributed by atoms with Gasteiger partial charge < -0.3 is 15.6 Å². The van der Waals surface area contributed by atoms with Crippen LogP contribution in [0.5, 0.6) is 0 Å². The fraction of sp³-hybridized carbons (Fsp3) is 0.556. The summed E-state index contributed by atoms with van der Waals surface area (Å²) < 4.78 is 19.6. The van der Waals surface area contributed by atoms with Gasteiger partial charge in [-0.25, -0.2) is 9.18 Å². The maximum atomic E-state index is 13.3. The number of ether oxygens (including phenoxy) is 1. The van der Waals surface area contributed by atoms with Gasteiger partial charge in [-0.2, -0.15) is 4.98 Å². The van der Waals surface area contributed by atoms with E-state index in [1.54, 1.807) is 0 Å². The SMILES string of the molecule is [N-]=[N+]=N[C@@H]1C[C@@H](n2cc(F)c(N)nc2=O)O[C@H]1CO. The molecule has 1 fully saturated rings. The third kappa shape index (κ3) is 2.50. The maximum Gasteiger partial charge on any atom is 0.351 e. The highest BCUT2D eigenvalue weighted by atomic mass is 19.1. The van der Waals surface area contributed by atoms with Crippen molar-refractivity contribution in [2.75, 3.05) is 12.3 Å². The lowest BCUT2D eigenvalue weighted by Gasteiger charge is -2.14. The van der Waals surface area contributed by atoms with E-state index >= 15 is 0 Å². The van der Waals surface area contributed by atoms with Gasteiger partial charge in [-0.1, -0.05) is 5.11 Å². The Hall–Kier alpha value is -2.16. The molecule has 2 heterocycles. The first-order chi connectivity index (χ1) is 9.06. The fourth-order valence-corrected chi connectivity index (χ4v) is 1.90. The van der Waals surface area contributed by atoms with E-state index in [4.69, 9.17) is 21.1 Å². The summed E-state index contributed by atoms with van der Waals surface area (Å²) in [7, 11) is 0. The lowest BCUT2D eigenvalue weighted by molar-refractivity contribution is -0.0273. The fourth-order valence-electron chi connectivity index (χ4n) is 1.90. The maximum absolute atomic E-state index is 13.3. The minimum Gasteiger partial charge on any atom is -0.394 e. The second kappa shape index (κ2) is 5.22. The van der Waals surface area contributed by atoms with Gasteiger partial charge in [0.1, 0.15) is 6.23 Å². The summed E-state index contributed by atoms with van der Waals surface area (Å²) in [5.41, 5.74) is 12.8. The number of halogens is 1. The van der Waals surface area contributed by atoms with Gasteiger partial charge in [0.05, 0.1) is 24.9 Å². The first-order valence-corrected chi connectivity index (χ1v) is 5.41. The van der Waals surface area contributed by atoms with Crippen LogP contribution in [-0.4, -0.2) is 33.4 Å². The van der Waals surface area contributed by atoms with Crippen LogP contribution in [0, 0.1) is 5.82 Å². The Labute approximate surface area is 106 Å². The van der Waals surface area contributed by atoms with Gasteiger partial charge in [0.15, 0.2) is 11.6 Å². The molecule has 3 N–H and O–H groups in total. The van der Waals surface area contributed by atoms with Crippen molar-refractivity contribution in [3.8, 4) is 0 Å². The molecule has 3 atom stereocenters. The van der Waals surface area contributed by atoms with Crippen LogP contribution in [0.15, 0.2) is 16.1 Å². The highest BCUT2D eigenvalue weighted by Crippen LogP contribution is 2.30. The molecule has 0 spiro atoms. The van der Waals surface area contributed by atoms with Crippen molar-refractivity contribution in [3.63, 3.8) is 0 Å². The van der Waals surface area contributed by atoms with Crippen molar-refractivity contribution >= 4 is 5.82 Å². The summed E-state index contributed by atoms with van der Waals surface area (Å²) in [4.78, 5) is 17.5. The largest absolute Gasteiger partial charge is 0.394 e. The van der Waals surface area contributed by atoms with E-state index in [2.05, 4.69) is 15.0 Å². The van der Waals surface area contributed by atoms with Crippen molar-refractivity contribution < 1.29 is 14.2 Å². The molecule has 2 rings (SSSR count). The predicted molar refractivity (Wildman–Crippen MR) is 61.4 cm³/mol. The molecule has 1 aliphatic rings. The van der Waals surface area contributed by atoms with E-state index in [9.17, 15) is 9.18 Å². The number of anilines is 1. The molecule has 0 saturated carbocycles. The minimum atomic E-state index is -0.859. The van der Waals surface area contributed by atoms with Crippen molar-refractivity contribution in [3.05, 3.63) is 32.9 Å². The lowest BCUT2D eigenvalue weighted by atomic mass is 10.1. The van der Waals surface area contributed by atoms with E-state index in [1.165, 1.54) is 0 Å². The second-order valence-corrected chi connectivity index (χ2v) is 3.98. The summed E-state index contributed by atoms with van der Waals surface area (Å²) in [6, 6.07) is -0.632. The van der Waals surface area contributed by atoms with E-state index in [-0.39, 0.29) is 13.0 Å². The summed E-state index contributed by atoms with van der Waals surface area (Å²) in [5, 5.41) is 12.6. The number of nitrogens with two attached hydrogens (primary N) is 1. The third-order valence-corrected chi connectivity index (χ3v) is 2.83. The number of azide groups is 1. The highest BCUT2D eigenvalue weighted by Gasteiger charge is 2.36. The Morgan fingerprint density at radius 3 is 3.16 bits per heavy atom. The number of nitrogens with zero attached hydrogens (tertiary/aromatic N) is 5. The molecule has 0 amide bonds. The zero-order valence-corrected chi connectivity index (χ0v) is 9.68. The molecule has 9 nitrogen and oxygen atoms in total. The highest BCUT2D eigenvalue weighted by molar-refractivity contribution is 5.26. The Balaban J connectivity index is 2.32. The zero-order valence-electron chi connectivity index (χ0n) is 9.68. The van der Waals surface area contributed by atoms with E-state index < -0.39 is 35.7 Å². The number of hydrogen-bond donors (Lipinski definition) is 2. The van der Waals surface area contributed by atoms with Crippen LogP contribution >= 0.6 is 0 Å². The van der Waals surface area contributed by atoms with Crippen molar-refractivity contribution in [2.24, 2.45) is 5.11 Å². The molecule has 0 radical (unpaired) electrons. The van der Waals surface area contributed by atoms with Crippen LogP contribution in [-0.2, 0) is 4.74 Å². The Morgan fingerprint density at radius 2 is 2.53 bits per heavy atom. The monoisotopic (exact) mass is 270 g/mol. The molecular weight excluding hydrogens is 259 g/mol. The van der Waals surface area contributed by atoms with Gasteiger partial charge in [-0.15, -0.1) is 0 Å². The number of aromatic nitrogens is 2. The van der Waals surface area contributed by atoms with Crippen LogP contribution in [0.3, 0.4) is 0 Å². The lowest BCUT2D eigenvalue weighted by Crippen LogP contribution is -2.29. The molecule has 1 aliphatic heterocycles. The molecule has 1 saturated heterocycles. The molecule has 102 valence electrons. The van der Waals surface area contributed by atoms with Crippen LogP contribution in [0.2, 0.25) is 0 Å². The average molecular weight is 270 g/mol. The molecule has 0 aliphatic carbocycles. The van der Waals surface area contributed by atoms with Crippen molar-refractivity contribution in [1.82, 2.24) is 9.55 Å². The Kier molecular flexibility index (Phi) is 3.65. The van der Waals surface area contributed by atoms with Crippen LogP contribution < -0.4 is 11.4 Å². The topological polar surface area (TPSA) is 139 Å². The molecule has 10 heteroatoms. The van der Waals surface area contributed by atoms with Gasteiger partial charge >= 0.3 is 5.69 Å². The molecule has 1 aromatic rings. The van der Waals surface area contributed by atoms with Crippen LogP contribution in [0.4, 0.5) is 10.2 Å². The molecule has 1 aromatic heterocycles. The van der Waals surface area contributed by atoms with Crippen LogP contribution in [0.25, 0.3) is 10.4 Å². The Bertz CT molecular complexity index is 584. The zero-order chi connectivity index (χ0) is 14.0. The summed E-state index contributed by atoms with van der Waals surface area (Å²) in [5.74, 6) is -1.35. The number of aliphatic hydroxyl groups is 1. The second-order valence-electron chi connectivity index (χ2n) is 3.98. The number of rotatable bonds is 3. The third-order valence-electron chi connectivity index (χ3n) is 2.83. The first kappa shape index (κ1) is 13.3. The minimum absolute atomic E-state index is 0.139. The van der Waals surface area contributed by atoms with Gasteiger partial charge in [0, 0.05) is 11.3 Å². The number of nitrogen functional groups attached to an aromatic ring is 1. The summed E-state index contributed by atoms with van der Waals surface area (Å²) in [6.45, 7) is -0.375. The van der Waals surface area contributed by atoms with Gasteiger partial charge in [0.25, 0.3) is 0 Å². The molecule has 19 heavy (non-hydrogen) atoms. The molecule has 0 bridgehead atoms. The smallest absolute Gasteiger partial charge is 0.351 e. The van der Waals surface area contributed by atoms with E-state index in [0.717, 1.165) is 10.8 Å². The van der Waals surface area contributed by atoms with Crippen LogP contribution in [0.1, 0.15) is 12.6 Å². The van der Waals surface area contributed by atoms with E-state index in [0.29, 0.717) is 0 Å². The quantitative estimate of drug-likeness (QED) is 0.449. The van der Waals surface area contributed by atoms with Gasteiger partial charge in [0.2, 0.25) is 0 Å². The molecular formula is C9H11FN6O3. The van der Waals surface area contributed by atoms with Gasteiger partial charge in [-0.05, 0) is 5.53 Å². The first-order valence-electron chi connectivity index (χ1n) is 5.41. The van der Waals surface area contributed by atoms with Gasteiger partial charge in [-0.3, -0.25) is 4.57 Å². The van der Waals surface area contributed by atoms with Crippen molar-refractivity contribution in [1.29, 1.82) is 0 Å². The normalized spacial score (nSPS) is 26.1. The summed E-state index contributed by atoms with van der Waals surface area (Å²) in [6.07, 6.45) is -0.584. The van der Waals surface area contributed by atoms with Crippen molar-refractivity contribution in [2.45, 2.75) is 24.8 Å². The molecule has 0 unspecified atom stereocenters.